The molecule has 0 radical (unpaired) electrons. The van der Waals surface area contributed by atoms with Crippen molar-refractivity contribution in [3.05, 3.63) is 40.6 Å². The van der Waals surface area contributed by atoms with Gasteiger partial charge in [-0.05, 0) is 42.0 Å². The van der Waals surface area contributed by atoms with Crippen molar-refractivity contribution in [2.24, 2.45) is 0 Å². The molecule has 144 valence electrons. The zero-order valence-corrected chi connectivity index (χ0v) is 15.8. The van der Waals surface area contributed by atoms with Crippen molar-refractivity contribution >= 4 is 44.7 Å². The molecule has 1 N–H and O–H groups in total. The van der Waals surface area contributed by atoms with Gasteiger partial charge in [-0.15, -0.1) is 0 Å². The Balaban J connectivity index is 1.57. The molecular weight excluding hydrogens is 395 g/mol. The zero-order chi connectivity index (χ0) is 19.6. The molecule has 1 aromatic rings. The quantitative estimate of drug-likeness (QED) is 0.737. The van der Waals surface area contributed by atoms with E-state index in [9.17, 15) is 27.2 Å². The van der Waals surface area contributed by atoms with Gasteiger partial charge in [0.2, 0.25) is 5.91 Å². The standard InChI is InChI=1S/C17H17FN2O5S2/c18-12-3-1-2-11(8-12)9-14-16(22)20(17(23)26-14)6-4-15(21)19-13-5-7-27(24,25)10-13/h1-3,8-9,13H,4-7,10H2,(H,19,21)/b14-9-. The zero-order valence-electron chi connectivity index (χ0n) is 14.2. The van der Waals surface area contributed by atoms with Gasteiger partial charge in [0, 0.05) is 19.0 Å². The highest BCUT2D eigenvalue weighted by Gasteiger charge is 2.35. The number of sulfone groups is 1. The van der Waals surface area contributed by atoms with E-state index in [1.54, 1.807) is 6.07 Å². The number of thioether (sulfide) groups is 1. The van der Waals surface area contributed by atoms with Crippen molar-refractivity contribution in [2.75, 3.05) is 18.1 Å². The van der Waals surface area contributed by atoms with Gasteiger partial charge in [0.15, 0.2) is 9.84 Å². The average Bonchev–Trinajstić information content (AvgIpc) is 3.05. The fourth-order valence-corrected chi connectivity index (χ4v) is 5.40. The second-order valence-corrected chi connectivity index (χ2v) is 9.53. The van der Waals surface area contributed by atoms with Crippen LogP contribution in [0.4, 0.5) is 9.18 Å². The Labute approximate surface area is 159 Å². The lowest BCUT2D eigenvalue weighted by molar-refractivity contribution is -0.124. The Hall–Kier alpha value is -2.20. The number of rotatable bonds is 5. The molecule has 0 bridgehead atoms. The average molecular weight is 412 g/mol. The first-order valence-electron chi connectivity index (χ1n) is 8.24. The van der Waals surface area contributed by atoms with Gasteiger partial charge in [-0.3, -0.25) is 19.3 Å². The lowest BCUT2D eigenvalue weighted by Crippen LogP contribution is -2.38. The molecule has 0 spiro atoms. The molecule has 7 nitrogen and oxygen atoms in total. The number of imide groups is 1. The number of carbonyl (C=O) groups excluding carboxylic acids is 3. The van der Waals surface area contributed by atoms with Crippen LogP contribution in [0.3, 0.4) is 0 Å². The van der Waals surface area contributed by atoms with Crippen LogP contribution in [0.5, 0.6) is 0 Å². The van der Waals surface area contributed by atoms with E-state index in [1.807, 2.05) is 0 Å². The lowest BCUT2D eigenvalue weighted by Gasteiger charge is -2.14. The number of amides is 3. The molecule has 1 aromatic carbocycles. The number of halogens is 1. The molecule has 3 rings (SSSR count). The van der Waals surface area contributed by atoms with Crippen LogP contribution in [-0.2, 0) is 19.4 Å². The molecule has 2 aliphatic rings. The van der Waals surface area contributed by atoms with Crippen LogP contribution in [0.15, 0.2) is 29.2 Å². The first-order chi connectivity index (χ1) is 12.7. The highest BCUT2D eigenvalue weighted by molar-refractivity contribution is 8.18. The third-order valence-corrected chi connectivity index (χ3v) is 6.86. The SMILES string of the molecule is O=C(CCN1C(=O)S/C(=C\c2cccc(F)c2)C1=O)NC1CCS(=O)(=O)C1. The van der Waals surface area contributed by atoms with Gasteiger partial charge < -0.3 is 5.32 Å². The molecule has 2 fully saturated rings. The van der Waals surface area contributed by atoms with Crippen LogP contribution in [0.2, 0.25) is 0 Å². The summed E-state index contributed by atoms with van der Waals surface area (Å²) in [5.41, 5.74) is 0.459. The summed E-state index contributed by atoms with van der Waals surface area (Å²) in [6.07, 6.45) is 1.69. The Bertz CT molecular complexity index is 929. The van der Waals surface area contributed by atoms with Crippen molar-refractivity contribution in [3.8, 4) is 0 Å². The molecule has 3 amide bonds. The summed E-state index contributed by atoms with van der Waals surface area (Å²) >= 11 is 0.732. The lowest BCUT2D eigenvalue weighted by atomic mass is 10.2. The van der Waals surface area contributed by atoms with Crippen molar-refractivity contribution in [1.29, 1.82) is 0 Å². The normalized spacial score (nSPS) is 23.2. The number of carbonyl (C=O) groups is 3. The molecule has 2 saturated heterocycles. The minimum atomic E-state index is -3.10. The number of hydrogen-bond donors (Lipinski definition) is 1. The van der Waals surface area contributed by atoms with Gasteiger partial charge in [0.1, 0.15) is 5.82 Å². The molecule has 10 heteroatoms. The van der Waals surface area contributed by atoms with Gasteiger partial charge in [-0.2, -0.15) is 0 Å². The molecular formula is C17H17FN2O5S2. The summed E-state index contributed by atoms with van der Waals surface area (Å²) in [6, 6.07) is 5.21. The topological polar surface area (TPSA) is 101 Å². The minimum absolute atomic E-state index is 0.0475. The van der Waals surface area contributed by atoms with Gasteiger partial charge in [-0.1, -0.05) is 12.1 Å². The second kappa shape index (κ2) is 7.81. The largest absolute Gasteiger partial charge is 0.352 e. The monoisotopic (exact) mass is 412 g/mol. The Morgan fingerprint density at radius 3 is 2.81 bits per heavy atom. The summed E-state index contributed by atoms with van der Waals surface area (Å²) in [7, 11) is -3.10. The van der Waals surface area contributed by atoms with Crippen LogP contribution in [0.25, 0.3) is 6.08 Å². The third-order valence-electron chi connectivity index (χ3n) is 4.18. The number of benzene rings is 1. The molecule has 0 aliphatic carbocycles. The maximum Gasteiger partial charge on any atom is 0.293 e. The van der Waals surface area contributed by atoms with Crippen molar-refractivity contribution in [2.45, 2.75) is 18.9 Å². The van der Waals surface area contributed by atoms with Crippen LogP contribution < -0.4 is 5.32 Å². The van der Waals surface area contributed by atoms with E-state index in [-0.39, 0.29) is 29.4 Å². The Kier molecular flexibility index (Phi) is 5.66. The number of nitrogens with one attached hydrogen (secondary N) is 1. The van der Waals surface area contributed by atoms with E-state index in [2.05, 4.69) is 5.32 Å². The number of nitrogens with zero attached hydrogens (tertiary/aromatic N) is 1. The summed E-state index contributed by atoms with van der Waals surface area (Å²) in [5.74, 6) is -1.44. The van der Waals surface area contributed by atoms with Crippen molar-refractivity contribution in [3.63, 3.8) is 0 Å². The highest BCUT2D eigenvalue weighted by atomic mass is 32.2. The van der Waals surface area contributed by atoms with Crippen molar-refractivity contribution < 1.29 is 27.2 Å². The summed E-state index contributed by atoms with van der Waals surface area (Å²) in [6.45, 7) is -0.101. The maximum atomic E-state index is 13.2. The summed E-state index contributed by atoms with van der Waals surface area (Å²) in [4.78, 5) is 37.5. The molecule has 2 heterocycles. The molecule has 0 saturated carbocycles. The first kappa shape index (κ1) is 19.6. The highest BCUT2D eigenvalue weighted by Crippen LogP contribution is 2.32. The molecule has 1 atom stereocenters. The predicted molar refractivity (Wildman–Crippen MR) is 98.9 cm³/mol. The smallest absolute Gasteiger partial charge is 0.293 e. The Morgan fingerprint density at radius 2 is 2.15 bits per heavy atom. The van der Waals surface area contributed by atoms with Gasteiger partial charge in [-0.25, -0.2) is 12.8 Å². The number of hydrogen-bond acceptors (Lipinski definition) is 6. The van der Waals surface area contributed by atoms with Gasteiger partial charge in [0.25, 0.3) is 11.1 Å². The van der Waals surface area contributed by atoms with E-state index < -0.39 is 38.7 Å². The predicted octanol–water partition coefficient (Wildman–Crippen LogP) is 1.56. The van der Waals surface area contributed by atoms with E-state index in [4.69, 9.17) is 0 Å². The maximum absolute atomic E-state index is 13.2. The molecule has 0 aromatic heterocycles. The minimum Gasteiger partial charge on any atom is -0.352 e. The molecule has 27 heavy (non-hydrogen) atoms. The third kappa shape index (κ3) is 4.95. The van der Waals surface area contributed by atoms with E-state index >= 15 is 0 Å². The van der Waals surface area contributed by atoms with Crippen LogP contribution >= 0.6 is 11.8 Å². The Morgan fingerprint density at radius 1 is 1.37 bits per heavy atom. The van der Waals surface area contributed by atoms with E-state index in [1.165, 1.54) is 24.3 Å². The van der Waals surface area contributed by atoms with Crippen LogP contribution in [0, 0.1) is 5.82 Å². The van der Waals surface area contributed by atoms with E-state index in [0.29, 0.717) is 12.0 Å². The van der Waals surface area contributed by atoms with Gasteiger partial charge in [0.05, 0.1) is 16.4 Å². The fourth-order valence-electron chi connectivity index (χ4n) is 2.86. The van der Waals surface area contributed by atoms with Crippen LogP contribution in [-0.4, -0.2) is 54.5 Å². The first-order valence-corrected chi connectivity index (χ1v) is 10.9. The van der Waals surface area contributed by atoms with E-state index in [0.717, 1.165) is 16.7 Å². The molecule has 1 unspecified atom stereocenters. The second-order valence-electron chi connectivity index (χ2n) is 6.31. The fraction of sp³-hybridized carbons (Fsp3) is 0.353. The van der Waals surface area contributed by atoms with Crippen molar-refractivity contribution in [1.82, 2.24) is 10.2 Å². The summed E-state index contributed by atoms with van der Waals surface area (Å²) in [5, 5.41) is 2.11. The molecule has 2 aliphatic heterocycles. The van der Waals surface area contributed by atoms with Crippen LogP contribution in [0.1, 0.15) is 18.4 Å². The summed E-state index contributed by atoms with van der Waals surface area (Å²) < 4.78 is 36.0. The van der Waals surface area contributed by atoms with Gasteiger partial charge >= 0.3 is 0 Å².